The zero-order chi connectivity index (χ0) is 22.4. The number of aliphatic hydroxyl groups is 3. The topological polar surface area (TPSA) is 115 Å². The molecule has 3 N–H and O–H groups in total. The van der Waals surface area contributed by atoms with Crippen LogP contribution in [-0.2, 0) is 14.2 Å². The molecule has 1 aliphatic rings. The first-order chi connectivity index (χ1) is 14.2. The fourth-order valence-corrected chi connectivity index (χ4v) is 3.42. The van der Waals surface area contributed by atoms with Gasteiger partial charge in [-0.1, -0.05) is 52.8 Å². The van der Waals surface area contributed by atoms with Gasteiger partial charge in [-0.2, -0.15) is 0 Å². The molecule has 1 aliphatic heterocycles. The molecule has 0 spiro atoms. The average molecular weight is 427 g/mol. The minimum Gasteiger partial charge on any atom is -0.432 e. The fourth-order valence-electron chi connectivity index (χ4n) is 3.42. The molecule has 2 rings (SSSR count). The molecule has 0 saturated carbocycles. The maximum Gasteiger partial charge on any atom is 0.513 e. The van der Waals surface area contributed by atoms with Gasteiger partial charge < -0.3 is 34.3 Å². The van der Waals surface area contributed by atoms with Crippen molar-refractivity contribution in [2.75, 3.05) is 19.8 Å². The molecule has 0 bridgehead atoms. The van der Waals surface area contributed by atoms with E-state index in [1.807, 2.05) is 45.9 Å². The second-order valence-electron chi connectivity index (χ2n) is 8.21. The lowest BCUT2D eigenvalue weighted by molar-refractivity contribution is -0.289. The summed E-state index contributed by atoms with van der Waals surface area (Å²) in [6.45, 7) is 9.27. The van der Waals surface area contributed by atoms with E-state index in [2.05, 4.69) is 0 Å². The van der Waals surface area contributed by atoms with Gasteiger partial charge in [-0.25, -0.2) is 4.79 Å². The van der Waals surface area contributed by atoms with Gasteiger partial charge in [-0.05, 0) is 23.0 Å². The SMILES string of the molecule is CC(C)c1cccc(C(C)C)c1OC(=O)OCCOC1OC(CO)[C@@H](C)C(O)[C@H]1O. The highest BCUT2D eigenvalue weighted by atomic mass is 16.7. The minimum atomic E-state index is -1.26. The lowest BCUT2D eigenvalue weighted by atomic mass is 9.91. The Morgan fingerprint density at radius 2 is 1.67 bits per heavy atom. The summed E-state index contributed by atoms with van der Waals surface area (Å²) >= 11 is 0. The molecule has 0 aromatic heterocycles. The molecular weight excluding hydrogens is 392 g/mol. The van der Waals surface area contributed by atoms with Crippen LogP contribution in [0.1, 0.15) is 57.6 Å². The van der Waals surface area contributed by atoms with Crippen LogP contribution in [0.15, 0.2) is 18.2 Å². The Kier molecular flexibility index (Phi) is 9.06. The van der Waals surface area contributed by atoms with Gasteiger partial charge in [-0.3, -0.25) is 0 Å². The molecule has 8 nitrogen and oxygen atoms in total. The van der Waals surface area contributed by atoms with Gasteiger partial charge >= 0.3 is 6.16 Å². The van der Waals surface area contributed by atoms with Crippen LogP contribution in [-0.4, -0.2) is 65.9 Å². The lowest BCUT2D eigenvalue weighted by Gasteiger charge is -2.40. The van der Waals surface area contributed by atoms with Crippen molar-refractivity contribution in [3.8, 4) is 5.75 Å². The van der Waals surface area contributed by atoms with Crippen LogP contribution < -0.4 is 4.74 Å². The third-order valence-corrected chi connectivity index (χ3v) is 5.33. The zero-order valence-electron chi connectivity index (χ0n) is 18.3. The molecule has 0 amide bonds. The standard InChI is InChI=1S/C22H34O8/c1-12(2)15-7-6-8-16(13(3)4)20(15)30-22(26)28-10-9-27-21-19(25)18(24)14(5)17(11-23)29-21/h6-8,12-14,17-19,21,23-25H,9-11H2,1-5H3/t14-,17?,18?,19-,21?/m1/s1. The van der Waals surface area contributed by atoms with Crippen LogP contribution in [0.25, 0.3) is 0 Å². The minimum absolute atomic E-state index is 0.0705. The highest BCUT2D eigenvalue weighted by Crippen LogP contribution is 2.34. The summed E-state index contributed by atoms with van der Waals surface area (Å²) in [5.74, 6) is 0.427. The number of aliphatic hydroxyl groups excluding tert-OH is 3. The predicted molar refractivity (Wildman–Crippen MR) is 109 cm³/mol. The van der Waals surface area contributed by atoms with Gasteiger partial charge in [0.2, 0.25) is 0 Å². The fraction of sp³-hybridized carbons (Fsp3) is 0.682. The van der Waals surface area contributed by atoms with E-state index in [0.717, 1.165) is 11.1 Å². The number of para-hydroxylation sites is 1. The summed E-state index contributed by atoms with van der Waals surface area (Å²) in [7, 11) is 0. The first-order valence-corrected chi connectivity index (χ1v) is 10.4. The van der Waals surface area contributed by atoms with E-state index >= 15 is 0 Å². The smallest absolute Gasteiger partial charge is 0.432 e. The van der Waals surface area contributed by atoms with Gasteiger partial charge in [-0.15, -0.1) is 0 Å². The Labute approximate surface area is 177 Å². The van der Waals surface area contributed by atoms with E-state index in [1.165, 1.54) is 0 Å². The van der Waals surface area contributed by atoms with E-state index in [1.54, 1.807) is 6.92 Å². The first kappa shape index (κ1) is 24.6. The van der Waals surface area contributed by atoms with Crippen molar-refractivity contribution >= 4 is 6.16 Å². The molecule has 1 saturated heterocycles. The van der Waals surface area contributed by atoms with Crippen molar-refractivity contribution in [2.45, 2.75) is 71.1 Å². The molecule has 0 radical (unpaired) electrons. The molecular formula is C22H34O8. The number of hydrogen-bond acceptors (Lipinski definition) is 8. The molecule has 1 fully saturated rings. The lowest BCUT2D eigenvalue weighted by Crippen LogP contribution is -2.55. The average Bonchev–Trinajstić information content (AvgIpc) is 2.70. The largest absolute Gasteiger partial charge is 0.513 e. The van der Waals surface area contributed by atoms with Crippen molar-refractivity contribution in [3.05, 3.63) is 29.3 Å². The number of benzene rings is 1. The number of ether oxygens (including phenoxy) is 4. The van der Waals surface area contributed by atoms with Crippen molar-refractivity contribution in [3.63, 3.8) is 0 Å². The molecule has 1 aromatic rings. The van der Waals surface area contributed by atoms with Crippen molar-refractivity contribution in [1.29, 1.82) is 0 Å². The van der Waals surface area contributed by atoms with E-state index < -0.39 is 36.7 Å². The summed E-state index contributed by atoms with van der Waals surface area (Å²) < 4.78 is 21.5. The third kappa shape index (κ3) is 5.92. The van der Waals surface area contributed by atoms with E-state index in [0.29, 0.717) is 5.75 Å². The van der Waals surface area contributed by atoms with Crippen LogP contribution in [0.4, 0.5) is 4.79 Å². The maximum atomic E-state index is 12.2. The van der Waals surface area contributed by atoms with Gasteiger partial charge in [0.15, 0.2) is 6.29 Å². The normalized spacial score (nSPS) is 26.8. The van der Waals surface area contributed by atoms with Crippen LogP contribution in [0.2, 0.25) is 0 Å². The highest BCUT2D eigenvalue weighted by molar-refractivity contribution is 5.66. The number of rotatable bonds is 8. The quantitative estimate of drug-likeness (QED) is 0.330. The van der Waals surface area contributed by atoms with E-state index in [4.69, 9.17) is 18.9 Å². The summed E-state index contributed by atoms with van der Waals surface area (Å²) in [6, 6.07) is 5.79. The van der Waals surface area contributed by atoms with Gasteiger partial charge in [0.25, 0.3) is 0 Å². The van der Waals surface area contributed by atoms with Gasteiger partial charge in [0.1, 0.15) is 18.5 Å². The Morgan fingerprint density at radius 1 is 1.07 bits per heavy atom. The predicted octanol–water partition coefficient (Wildman–Crippen LogP) is 2.54. The highest BCUT2D eigenvalue weighted by Gasteiger charge is 2.42. The van der Waals surface area contributed by atoms with Crippen molar-refractivity contribution < 1.29 is 39.1 Å². The maximum absolute atomic E-state index is 12.2. The van der Waals surface area contributed by atoms with Gasteiger partial charge in [0.05, 0.1) is 25.4 Å². The van der Waals surface area contributed by atoms with Crippen LogP contribution >= 0.6 is 0 Å². The van der Waals surface area contributed by atoms with Crippen molar-refractivity contribution in [1.82, 2.24) is 0 Å². The Bertz CT molecular complexity index is 661. The van der Waals surface area contributed by atoms with E-state index in [9.17, 15) is 20.1 Å². The van der Waals surface area contributed by atoms with Crippen LogP contribution in [0.3, 0.4) is 0 Å². The first-order valence-electron chi connectivity index (χ1n) is 10.4. The van der Waals surface area contributed by atoms with Crippen LogP contribution in [0, 0.1) is 5.92 Å². The van der Waals surface area contributed by atoms with Crippen molar-refractivity contribution in [2.24, 2.45) is 5.92 Å². The summed E-state index contributed by atoms with van der Waals surface area (Å²) in [6.07, 6.45) is -4.97. The molecule has 8 heteroatoms. The molecule has 1 heterocycles. The molecule has 0 aliphatic carbocycles. The molecule has 1 aromatic carbocycles. The summed E-state index contributed by atoms with van der Waals surface area (Å²) in [5.41, 5.74) is 1.84. The summed E-state index contributed by atoms with van der Waals surface area (Å²) in [5, 5.41) is 29.4. The van der Waals surface area contributed by atoms with E-state index in [-0.39, 0.29) is 31.7 Å². The number of carbonyl (C=O) groups excluding carboxylic acids is 1. The summed E-state index contributed by atoms with van der Waals surface area (Å²) in [4.78, 5) is 12.2. The zero-order valence-corrected chi connectivity index (χ0v) is 18.3. The Hall–Kier alpha value is -1.71. The van der Waals surface area contributed by atoms with Gasteiger partial charge in [0, 0.05) is 5.92 Å². The second kappa shape index (κ2) is 11.1. The monoisotopic (exact) mass is 426 g/mol. The van der Waals surface area contributed by atoms with Crippen LogP contribution in [0.5, 0.6) is 5.75 Å². The molecule has 30 heavy (non-hydrogen) atoms. The number of carbonyl (C=O) groups is 1. The molecule has 170 valence electrons. The molecule has 3 unspecified atom stereocenters. The molecule has 5 atom stereocenters. The second-order valence-corrected chi connectivity index (χ2v) is 8.21. The Balaban J connectivity index is 1.89. The Morgan fingerprint density at radius 3 is 2.20 bits per heavy atom. The third-order valence-electron chi connectivity index (χ3n) is 5.33. The number of hydrogen-bond donors (Lipinski definition) is 3.